The minimum absolute atomic E-state index is 0.0151. The van der Waals surface area contributed by atoms with Gasteiger partial charge < -0.3 is 9.47 Å². The Morgan fingerprint density at radius 1 is 0.447 bits per heavy atom. The lowest BCUT2D eigenvalue weighted by Crippen LogP contribution is -2.47. The van der Waals surface area contributed by atoms with Gasteiger partial charge in [-0.2, -0.15) is 0 Å². The van der Waals surface area contributed by atoms with Crippen molar-refractivity contribution in [1.82, 2.24) is 0 Å². The van der Waals surface area contributed by atoms with E-state index in [4.69, 9.17) is 19.5 Å². The maximum absolute atomic E-state index is 6.48. The van der Waals surface area contributed by atoms with Crippen molar-refractivity contribution in [2.24, 2.45) is 21.8 Å². The standard InChI is InChI=1S/C34H28N2O2/c1-3-11-21(12-4-1)27-19-37-33(35-27)31-29-23-15-7-9-17-25(23)30(26-18-10-8-16-24(26)29)32(31)34-36-28(20-38-34)22-13-5-2-6-14-22/h1-18,27-32H,19-20H2/t27?,28?,29?,30?,31-,32-/m0/s1. The highest BCUT2D eigenvalue weighted by Gasteiger charge is 2.56. The molecule has 2 unspecified atom stereocenters. The molecule has 4 aromatic carbocycles. The number of nitrogens with zero attached hydrogens (tertiary/aromatic N) is 2. The van der Waals surface area contributed by atoms with Gasteiger partial charge in [0.15, 0.2) is 11.8 Å². The molecule has 4 atom stereocenters. The Hall–Kier alpha value is -4.18. The smallest absolute Gasteiger partial charge is 0.189 e. The number of ether oxygens (including phenoxy) is 2. The van der Waals surface area contributed by atoms with Crippen molar-refractivity contribution in [2.75, 3.05) is 13.2 Å². The van der Waals surface area contributed by atoms with Crippen molar-refractivity contribution in [2.45, 2.75) is 23.9 Å². The van der Waals surface area contributed by atoms with Gasteiger partial charge in [0, 0.05) is 11.8 Å². The summed E-state index contributed by atoms with van der Waals surface area (Å²) in [6, 6.07) is 38.8. The van der Waals surface area contributed by atoms with Gasteiger partial charge in [0.25, 0.3) is 0 Å². The Kier molecular flexibility index (Phi) is 5.00. The number of aliphatic imine (C=N–C) groups is 2. The van der Waals surface area contributed by atoms with Crippen LogP contribution in [0.1, 0.15) is 57.3 Å². The SMILES string of the molecule is c1ccc(C2COC([C@H]3C4c5ccccc5C(c5ccccc54)[C@@H]3C3=NC(c4ccccc4)CO3)=N2)cc1. The van der Waals surface area contributed by atoms with Crippen molar-refractivity contribution in [3.8, 4) is 0 Å². The molecule has 0 N–H and O–H groups in total. The monoisotopic (exact) mass is 496 g/mol. The number of fused-ring (bicyclic) bond motifs is 1. The summed E-state index contributed by atoms with van der Waals surface area (Å²) in [6.07, 6.45) is 0. The van der Waals surface area contributed by atoms with Crippen molar-refractivity contribution >= 4 is 11.8 Å². The molecule has 2 aliphatic heterocycles. The fourth-order valence-electron chi connectivity index (χ4n) is 7.11. The Labute approximate surface area is 222 Å². The van der Waals surface area contributed by atoms with E-state index in [1.54, 1.807) is 0 Å². The summed E-state index contributed by atoms with van der Waals surface area (Å²) in [5.74, 6) is 2.05. The molecule has 5 aliphatic rings. The number of hydrogen-bond donors (Lipinski definition) is 0. The van der Waals surface area contributed by atoms with Crippen LogP contribution in [-0.4, -0.2) is 25.0 Å². The molecule has 0 spiro atoms. The van der Waals surface area contributed by atoms with Gasteiger partial charge in [-0.1, -0.05) is 109 Å². The van der Waals surface area contributed by atoms with E-state index in [-0.39, 0.29) is 35.8 Å². The third-order valence-corrected chi connectivity index (χ3v) is 8.72. The van der Waals surface area contributed by atoms with E-state index < -0.39 is 0 Å². The van der Waals surface area contributed by atoms with Gasteiger partial charge in [-0.3, -0.25) is 0 Å². The molecule has 4 nitrogen and oxygen atoms in total. The number of rotatable bonds is 4. The highest BCUT2D eigenvalue weighted by molar-refractivity contribution is 5.93. The summed E-state index contributed by atoms with van der Waals surface area (Å²) in [7, 11) is 0. The summed E-state index contributed by atoms with van der Waals surface area (Å²) in [6.45, 7) is 1.15. The molecule has 0 aromatic heterocycles. The molecule has 38 heavy (non-hydrogen) atoms. The highest BCUT2D eigenvalue weighted by Crippen LogP contribution is 2.60. The van der Waals surface area contributed by atoms with Crippen LogP contribution in [-0.2, 0) is 9.47 Å². The van der Waals surface area contributed by atoms with E-state index in [2.05, 4.69) is 97.1 Å². The molecule has 0 fully saturated rings. The largest absolute Gasteiger partial charge is 0.478 e. The maximum Gasteiger partial charge on any atom is 0.189 e. The Morgan fingerprint density at radius 2 is 0.789 bits per heavy atom. The minimum Gasteiger partial charge on any atom is -0.478 e. The van der Waals surface area contributed by atoms with Crippen LogP contribution in [0.2, 0.25) is 0 Å². The second-order valence-corrected chi connectivity index (χ2v) is 10.7. The van der Waals surface area contributed by atoms with E-state index in [1.807, 2.05) is 12.1 Å². The molecule has 9 rings (SSSR count). The Balaban J connectivity index is 1.29. The van der Waals surface area contributed by atoms with Crippen LogP contribution < -0.4 is 0 Å². The van der Waals surface area contributed by atoms with Crippen molar-refractivity contribution in [3.05, 3.63) is 143 Å². The predicted octanol–water partition coefficient (Wildman–Crippen LogP) is 6.85. The predicted molar refractivity (Wildman–Crippen MR) is 149 cm³/mol. The third kappa shape index (κ3) is 3.29. The zero-order valence-corrected chi connectivity index (χ0v) is 21.0. The van der Waals surface area contributed by atoms with E-state index in [0.29, 0.717) is 13.2 Å². The van der Waals surface area contributed by atoms with Crippen molar-refractivity contribution in [1.29, 1.82) is 0 Å². The van der Waals surface area contributed by atoms with Crippen molar-refractivity contribution in [3.63, 3.8) is 0 Å². The first-order valence-corrected chi connectivity index (χ1v) is 13.6. The van der Waals surface area contributed by atoms with Gasteiger partial charge in [-0.05, 0) is 33.4 Å². The number of benzene rings is 4. The maximum atomic E-state index is 6.48. The second kappa shape index (κ2) is 8.70. The van der Waals surface area contributed by atoms with Gasteiger partial charge in [0.1, 0.15) is 25.3 Å². The summed E-state index contributed by atoms with van der Waals surface area (Å²) in [4.78, 5) is 10.5. The average Bonchev–Trinajstić information content (AvgIpc) is 3.69. The normalized spacial score (nSPS) is 28.5. The van der Waals surface area contributed by atoms with Crippen LogP contribution in [0.5, 0.6) is 0 Å². The average molecular weight is 497 g/mol. The molecule has 4 aromatic rings. The van der Waals surface area contributed by atoms with E-state index in [0.717, 1.165) is 11.8 Å². The summed E-state index contributed by atoms with van der Waals surface area (Å²) in [5.41, 5.74) is 7.91. The zero-order chi connectivity index (χ0) is 25.1. The molecule has 2 bridgehead atoms. The fourth-order valence-corrected chi connectivity index (χ4v) is 7.11. The van der Waals surface area contributed by atoms with Gasteiger partial charge >= 0.3 is 0 Å². The Bertz CT molecular complexity index is 1400. The minimum atomic E-state index is 0.0151. The molecular weight excluding hydrogens is 468 g/mol. The fraction of sp³-hybridized carbons (Fsp3) is 0.235. The summed E-state index contributed by atoms with van der Waals surface area (Å²) in [5, 5.41) is 0. The molecule has 2 heterocycles. The first-order valence-electron chi connectivity index (χ1n) is 13.6. The first kappa shape index (κ1) is 21.9. The van der Waals surface area contributed by atoms with Crippen LogP contribution >= 0.6 is 0 Å². The molecule has 186 valence electrons. The lowest BCUT2D eigenvalue weighted by molar-refractivity contribution is 0.234. The highest BCUT2D eigenvalue weighted by atomic mass is 16.5. The zero-order valence-electron chi connectivity index (χ0n) is 21.0. The summed E-state index contributed by atoms with van der Waals surface area (Å²) >= 11 is 0. The second-order valence-electron chi connectivity index (χ2n) is 10.7. The molecule has 0 amide bonds. The van der Waals surface area contributed by atoms with Gasteiger partial charge in [-0.25, -0.2) is 9.98 Å². The molecule has 0 saturated heterocycles. The molecule has 0 saturated carbocycles. The van der Waals surface area contributed by atoms with Crippen LogP contribution in [0.25, 0.3) is 0 Å². The topological polar surface area (TPSA) is 43.2 Å². The van der Waals surface area contributed by atoms with Crippen molar-refractivity contribution < 1.29 is 9.47 Å². The molecule has 0 radical (unpaired) electrons. The first-order chi connectivity index (χ1) is 18.9. The van der Waals surface area contributed by atoms with E-state index >= 15 is 0 Å². The molecule has 3 aliphatic carbocycles. The lowest BCUT2D eigenvalue weighted by atomic mass is 9.54. The Morgan fingerprint density at radius 3 is 1.16 bits per heavy atom. The van der Waals surface area contributed by atoms with E-state index in [9.17, 15) is 0 Å². The van der Waals surface area contributed by atoms with Gasteiger partial charge in [0.05, 0.1) is 11.8 Å². The van der Waals surface area contributed by atoms with Gasteiger partial charge in [0.2, 0.25) is 0 Å². The quantitative estimate of drug-likeness (QED) is 0.310. The van der Waals surface area contributed by atoms with Crippen LogP contribution in [0.4, 0.5) is 0 Å². The molecular formula is C34H28N2O2. The molecule has 4 heteroatoms. The summed E-state index contributed by atoms with van der Waals surface area (Å²) < 4.78 is 13.0. The van der Waals surface area contributed by atoms with Crippen LogP contribution in [0.15, 0.2) is 119 Å². The van der Waals surface area contributed by atoms with Gasteiger partial charge in [-0.15, -0.1) is 0 Å². The van der Waals surface area contributed by atoms with Crippen LogP contribution in [0.3, 0.4) is 0 Å². The lowest BCUT2D eigenvalue weighted by Gasteiger charge is -2.49. The number of hydrogen-bond acceptors (Lipinski definition) is 4. The third-order valence-electron chi connectivity index (χ3n) is 8.72. The van der Waals surface area contributed by atoms with E-state index in [1.165, 1.54) is 33.4 Å². The van der Waals surface area contributed by atoms with Crippen LogP contribution in [0, 0.1) is 11.8 Å².